The zero-order chi connectivity index (χ0) is 22.5. The Morgan fingerprint density at radius 3 is 2.28 bits per heavy atom. The van der Waals surface area contributed by atoms with Gasteiger partial charge in [0.15, 0.2) is 5.17 Å². The monoisotopic (exact) mass is 508 g/mol. The van der Waals surface area contributed by atoms with Gasteiger partial charge >= 0.3 is 0 Å². The van der Waals surface area contributed by atoms with Crippen molar-refractivity contribution in [1.82, 2.24) is 4.90 Å². The van der Waals surface area contributed by atoms with Crippen LogP contribution in [0.4, 0.5) is 5.69 Å². The van der Waals surface area contributed by atoms with Crippen LogP contribution in [0.2, 0.25) is 0 Å². The molecule has 0 N–H and O–H groups in total. The minimum absolute atomic E-state index is 0.0949. The summed E-state index contributed by atoms with van der Waals surface area (Å²) in [5.41, 5.74) is 2.61. The van der Waals surface area contributed by atoms with Gasteiger partial charge in [-0.2, -0.15) is 0 Å². The van der Waals surface area contributed by atoms with Gasteiger partial charge in [0.2, 0.25) is 0 Å². The molecule has 0 spiro atoms. The van der Waals surface area contributed by atoms with Crippen LogP contribution >= 0.6 is 27.7 Å². The Balaban J connectivity index is 1.74. The van der Waals surface area contributed by atoms with Crippen LogP contribution in [0.25, 0.3) is 6.08 Å². The van der Waals surface area contributed by atoms with Crippen LogP contribution in [-0.2, 0) is 11.3 Å². The Labute approximate surface area is 199 Å². The van der Waals surface area contributed by atoms with E-state index in [1.54, 1.807) is 25.2 Å². The average molecular weight is 509 g/mol. The number of halogens is 1. The lowest BCUT2D eigenvalue weighted by Gasteiger charge is -2.15. The third kappa shape index (κ3) is 4.89. The molecule has 1 saturated heterocycles. The highest BCUT2D eigenvalue weighted by Crippen LogP contribution is 2.39. The quantitative estimate of drug-likeness (QED) is 0.368. The average Bonchev–Trinajstić information content (AvgIpc) is 3.09. The molecule has 1 fully saturated rings. The predicted octanol–water partition coefficient (Wildman–Crippen LogP) is 6.27. The number of carbonyl (C=O) groups excluding carboxylic acids is 1. The summed E-state index contributed by atoms with van der Waals surface area (Å²) in [6, 6.07) is 23.2. The summed E-state index contributed by atoms with van der Waals surface area (Å²) in [6.45, 7) is 0.444. The maximum Gasteiger partial charge on any atom is 0.267 e. The Kier molecular flexibility index (Phi) is 6.97. The van der Waals surface area contributed by atoms with Crippen LogP contribution in [0.5, 0.6) is 11.5 Å². The van der Waals surface area contributed by atoms with Crippen molar-refractivity contribution in [2.75, 3.05) is 14.2 Å². The van der Waals surface area contributed by atoms with Crippen LogP contribution in [0.3, 0.4) is 0 Å². The molecule has 0 radical (unpaired) electrons. The zero-order valence-electron chi connectivity index (χ0n) is 17.6. The Hall–Kier alpha value is -3.03. The highest BCUT2D eigenvalue weighted by atomic mass is 79.9. The Morgan fingerprint density at radius 2 is 1.62 bits per heavy atom. The van der Waals surface area contributed by atoms with Gasteiger partial charge in [-0.25, -0.2) is 4.99 Å². The van der Waals surface area contributed by atoms with Crippen LogP contribution in [-0.4, -0.2) is 30.2 Å². The molecular formula is C25H21BrN2O3S. The summed E-state index contributed by atoms with van der Waals surface area (Å²) in [5, 5.41) is 0.642. The first-order chi connectivity index (χ1) is 15.6. The van der Waals surface area contributed by atoms with Gasteiger partial charge in [-0.15, -0.1) is 0 Å². The minimum atomic E-state index is -0.0949. The normalized spacial score (nSPS) is 16.1. The van der Waals surface area contributed by atoms with Crippen LogP contribution < -0.4 is 9.47 Å². The topological polar surface area (TPSA) is 51.1 Å². The summed E-state index contributed by atoms with van der Waals surface area (Å²) < 4.78 is 11.7. The predicted molar refractivity (Wildman–Crippen MR) is 133 cm³/mol. The first-order valence-electron chi connectivity index (χ1n) is 9.89. The second-order valence-corrected chi connectivity index (χ2v) is 8.81. The van der Waals surface area contributed by atoms with Crippen molar-refractivity contribution in [2.45, 2.75) is 6.54 Å². The third-order valence-electron chi connectivity index (χ3n) is 4.84. The number of hydrogen-bond donors (Lipinski definition) is 0. The number of para-hydroxylation sites is 1. The smallest absolute Gasteiger partial charge is 0.267 e. The van der Waals surface area contributed by atoms with E-state index >= 15 is 0 Å². The zero-order valence-corrected chi connectivity index (χ0v) is 20.0. The van der Waals surface area contributed by atoms with E-state index in [1.807, 2.05) is 72.8 Å². The number of methoxy groups -OCH3 is 2. The number of amides is 1. The Morgan fingerprint density at radius 1 is 0.969 bits per heavy atom. The highest BCUT2D eigenvalue weighted by molar-refractivity contribution is 9.10. The fraction of sp³-hybridized carbons (Fsp3) is 0.120. The van der Waals surface area contributed by atoms with Gasteiger partial charge in [0.05, 0.1) is 35.8 Å². The van der Waals surface area contributed by atoms with E-state index < -0.39 is 0 Å². The van der Waals surface area contributed by atoms with Crippen LogP contribution in [0, 0.1) is 0 Å². The molecule has 7 heteroatoms. The highest BCUT2D eigenvalue weighted by Gasteiger charge is 2.33. The molecule has 3 aromatic rings. The lowest BCUT2D eigenvalue weighted by molar-refractivity contribution is -0.122. The van der Waals surface area contributed by atoms with Gasteiger partial charge in [-0.1, -0.05) is 48.5 Å². The van der Waals surface area contributed by atoms with Crippen molar-refractivity contribution in [1.29, 1.82) is 0 Å². The molecule has 32 heavy (non-hydrogen) atoms. The maximum atomic E-state index is 13.4. The van der Waals surface area contributed by atoms with Gasteiger partial charge in [-0.3, -0.25) is 9.69 Å². The van der Waals surface area contributed by atoms with E-state index in [1.165, 1.54) is 11.8 Å². The summed E-state index contributed by atoms with van der Waals surface area (Å²) in [7, 11) is 3.19. The molecule has 0 atom stereocenters. The number of carbonyl (C=O) groups is 1. The molecule has 1 heterocycles. The molecule has 3 aromatic carbocycles. The summed E-state index contributed by atoms with van der Waals surface area (Å²) >= 11 is 4.87. The number of thioether (sulfide) groups is 1. The van der Waals surface area contributed by atoms with Gasteiger partial charge in [-0.05, 0) is 57.5 Å². The lowest BCUT2D eigenvalue weighted by atomic mass is 10.1. The fourth-order valence-corrected chi connectivity index (χ4v) is 4.76. The van der Waals surface area contributed by atoms with Gasteiger partial charge in [0.25, 0.3) is 5.91 Å². The Bertz CT molecular complexity index is 1180. The number of nitrogens with zero attached hydrogens (tertiary/aromatic N) is 2. The number of hydrogen-bond acceptors (Lipinski definition) is 5. The molecule has 0 unspecified atom stereocenters. The first-order valence-corrected chi connectivity index (χ1v) is 11.5. The molecule has 0 aromatic heterocycles. The van der Waals surface area contributed by atoms with Crippen molar-refractivity contribution in [3.8, 4) is 11.5 Å². The lowest BCUT2D eigenvalue weighted by Crippen LogP contribution is -2.28. The van der Waals surface area contributed by atoms with E-state index in [-0.39, 0.29) is 5.91 Å². The van der Waals surface area contributed by atoms with E-state index in [0.717, 1.165) is 21.3 Å². The molecule has 0 aliphatic carbocycles. The van der Waals surface area contributed by atoms with E-state index in [2.05, 4.69) is 15.9 Å². The fourth-order valence-electron chi connectivity index (χ4n) is 3.25. The summed E-state index contributed by atoms with van der Waals surface area (Å²) in [6.07, 6.45) is 1.83. The summed E-state index contributed by atoms with van der Waals surface area (Å²) in [4.78, 5) is 20.4. The molecular weight excluding hydrogens is 488 g/mol. The number of benzene rings is 3. The largest absolute Gasteiger partial charge is 0.496 e. The van der Waals surface area contributed by atoms with Crippen LogP contribution in [0.1, 0.15) is 11.1 Å². The van der Waals surface area contributed by atoms with Gasteiger partial charge in [0, 0.05) is 11.6 Å². The van der Waals surface area contributed by atoms with Gasteiger partial charge < -0.3 is 9.47 Å². The molecule has 5 nitrogen and oxygen atoms in total. The first kappa shape index (κ1) is 22.2. The third-order valence-corrected chi connectivity index (χ3v) is 6.47. The minimum Gasteiger partial charge on any atom is -0.496 e. The van der Waals surface area contributed by atoms with E-state index in [4.69, 9.17) is 14.5 Å². The molecule has 1 aliphatic heterocycles. The number of rotatable bonds is 6. The van der Waals surface area contributed by atoms with Gasteiger partial charge in [0.1, 0.15) is 11.5 Å². The molecule has 1 amide bonds. The van der Waals surface area contributed by atoms with E-state index in [0.29, 0.717) is 28.1 Å². The molecule has 0 saturated carbocycles. The summed E-state index contributed by atoms with van der Waals surface area (Å²) in [5.74, 6) is 1.18. The van der Waals surface area contributed by atoms with Crippen molar-refractivity contribution in [3.63, 3.8) is 0 Å². The number of aliphatic imine (C=N–C) groups is 1. The van der Waals surface area contributed by atoms with Crippen LogP contribution in [0.15, 0.2) is 87.2 Å². The van der Waals surface area contributed by atoms with Crippen molar-refractivity contribution in [2.24, 2.45) is 4.99 Å². The maximum absolute atomic E-state index is 13.4. The van der Waals surface area contributed by atoms with Crippen molar-refractivity contribution < 1.29 is 14.3 Å². The molecule has 4 rings (SSSR count). The molecule has 162 valence electrons. The SMILES string of the molecule is COc1cc(OC)c(/C=C2/SC(=Nc3ccccc3)N(Cc3ccccc3)C2=O)cc1Br. The van der Waals surface area contributed by atoms with E-state index in [9.17, 15) is 4.79 Å². The van der Waals surface area contributed by atoms with Crippen molar-refractivity contribution in [3.05, 3.63) is 93.3 Å². The van der Waals surface area contributed by atoms with Crippen molar-refractivity contribution >= 4 is 50.5 Å². The number of ether oxygens (including phenoxy) is 2. The second-order valence-electron chi connectivity index (χ2n) is 6.95. The molecule has 1 aliphatic rings. The second kappa shape index (κ2) is 10.1. The number of amidine groups is 1. The molecule has 0 bridgehead atoms. The standard InChI is InChI=1S/C25H21BrN2O3S/c1-30-21-15-22(31-2)20(26)13-18(21)14-23-24(29)28(16-17-9-5-3-6-10-17)25(32-23)27-19-11-7-4-8-12-19/h3-15H,16H2,1-2H3/b23-14+,27-25?.